The Morgan fingerprint density at radius 1 is 1.14 bits per heavy atom. The van der Waals surface area contributed by atoms with Crippen LogP contribution in [0.4, 0.5) is 4.39 Å². The van der Waals surface area contributed by atoms with Gasteiger partial charge in [-0.2, -0.15) is 5.10 Å². The Hall–Kier alpha value is -3.19. The quantitative estimate of drug-likeness (QED) is 0.619. The molecule has 1 aromatic heterocycles. The normalized spacial score (nSPS) is 11.8. The van der Waals surface area contributed by atoms with E-state index in [1.807, 2.05) is 6.07 Å². The molecule has 0 aliphatic carbocycles. The Labute approximate surface area is 171 Å². The van der Waals surface area contributed by atoms with E-state index in [-0.39, 0.29) is 29.5 Å². The van der Waals surface area contributed by atoms with E-state index in [0.717, 1.165) is 11.1 Å². The maximum absolute atomic E-state index is 13.1. The molecule has 0 saturated heterocycles. The lowest BCUT2D eigenvalue weighted by Gasteiger charge is -2.14. The summed E-state index contributed by atoms with van der Waals surface area (Å²) in [5.41, 5.74) is 2.04. The molecular weight excluding hydrogens is 397 g/mol. The molecule has 0 fully saturated rings. The van der Waals surface area contributed by atoms with Gasteiger partial charge in [-0.3, -0.25) is 4.79 Å². The largest absolute Gasteiger partial charge is 0.480 e. The van der Waals surface area contributed by atoms with E-state index in [0.29, 0.717) is 5.69 Å². The van der Waals surface area contributed by atoms with Gasteiger partial charge in [-0.15, -0.1) is 0 Å². The lowest BCUT2D eigenvalue weighted by Crippen LogP contribution is -2.42. The maximum Gasteiger partial charge on any atom is 0.326 e. The number of hydrogen-bond donors (Lipinski definition) is 2. The van der Waals surface area contributed by atoms with Crippen LogP contribution in [0.3, 0.4) is 0 Å². The third-order valence-electron chi connectivity index (χ3n) is 4.42. The number of benzene rings is 2. The van der Waals surface area contributed by atoms with Crippen molar-refractivity contribution < 1.29 is 19.1 Å². The lowest BCUT2D eigenvalue weighted by molar-refractivity contribution is -0.139. The summed E-state index contributed by atoms with van der Waals surface area (Å²) in [7, 11) is 0. The Morgan fingerprint density at radius 3 is 2.41 bits per heavy atom. The SMILES string of the molecule is Cc1nn(Cc2ccc(F)cc2)c(Cl)c1C(=O)NC(Cc1ccccc1)C(=O)O. The molecule has 0 bridgehead atoms. The standard InChI is InChI=1S/C21H19ClFN3O3/c1-13-18(19(22)26(25-13)12-15-7-9-16(23)10-8-15)20(27)24-17(21(28)29)11-14-5-3-2-4-6-14/h2-10,17H,11-12H2,1H3,(H,24,27)(H,28,29). The fourth-order valence-electron chi connectivity index (χ4n) is 2.96. The number of rotatable bonds is 7. The van der Waals surface area contributed by atoms with Crippen molar-refractivity contribution in [2.24, 2.45) is 0 Å². The van der Waals surface area contributed by atoms with Crippen molar-refractivity contribution in [3.63, 3.8) is 0 Å². The van der Waals surface area contributed by atoms with Crippen molar-refractivity contribution in [3.05, 3.63) is 88.0 Å². The van der Waals surface area contributed by atoms with Gasteiger partial charge in [0.05, 0.1) is 17.8 Å². The highest BCUT2D eigenvalue weighted by Gasteiger charge is 2.26. The van der Waals surface area contributed by atoms with E-state index in [4.69, 9.17) is 11.6 Å². The first kappa shape index (κ1) is 20.5. The molecule has 2 N–H and O–H groups in total. The van der Waals surface area contributed by atoms with Gasteiger partial charge in [-0.05, 0) is 30.2 Å². The van der Waals surface area contributed by atoms with Crippen LogP contribution in [0.2, 0.25) is 5.15 Å². The number of aryl methyl sites for hydroxylation is 1. The molecule has 1 heterocycles. The Bertz CT molecular complexity index is 1020. The molecule has 3 rings (SSSR count). The zero-order valence-corrected chi connectivity index (χ0v) is 16.4. The molecule has 2 aromatic carbocycles. The van der Waals surface area contributed by atoms with E-state index in [9.17, 15) is 19.1 Å². The van der Waals surface area contributed by atoms with Gasteiger partial charge in [0.2, 0.25) is 0 Å². The van der Waals surface area contributed by atoms with Crippen LogP contribution in [0.15, 0.2) is 54.6 Å². The number of hydrogen-bond acceptors (Lipinski definition) is 3. The zero-order valence-electron chi connectivity index (χ0n) is 15.6. The molecule has 1 amide bonds. The Balaban J connectivity index is 1.78. The second-order valence-electron chi connectivity index (χ2n) is 6.59. The minimum atomic E-state index is -1.14. The molecule has 1 unspecified atom stereocenters. The highest BCUT2D eigenvalue weighted by atomic mass is 35.5. The molecular formula is C21H19ClFN3O3. The molecule has 6 nitrogen and oxygen atoms in total. The number of carbonyl (C=O) groups excluding carboxylic acids is 1. The zero-order chi connectivity index (χ0) is 21.0. The second kappa shape index (κ2) is 8.87. The summed E-state index contributed by atoms with van der Waals surface area (Å²) in [6.07, 6.45) is 0.141. The fraction of sp³-hybridized carbons (Fsp3) is 0.190. The number of nitrogens with zero attached hydrogens (tertiary/aromatic N) is 2. The van der Waals surface area contributed by atoms with Crippen molar-refractivity contribution >= 4 is 23.5 Å². The third kappa shape index (κ3) is 5.00. The van der Waals surface area contributed by atoms with Crippen LogP contribution in [0.1, 0.15) is 27.2 Å². The van der Waals surface area contributed by atoms with Gasteiger partial charge in [0.15, 0.2) is 0 Å². The average molecular weight is 416 g/mol. The van der Waals surface area contributed by atoms with Crippen LogP contribution < -0.4 is 5.32 Å². The van der Waals surface area contributed by atoms with Crippen molar-refractivity contribution in [2.45, 2.75) is 25.9 Å². The van der Waals surface area contributed by atoms with Crippen LogP contribution in [-0.4, -0.2) is 32.8 Å². The number of aliphatic carboxylic acids is 1. The predicted octanol–water partition coefficient (Wildman–Crippen LogP) is 3.46. The maximum atomic E-state index is 13.1. The smallest absolute Gasteiger partial charge is 0.326 e. The first-order chi connectivity index (χ1) is 13.8. The highest BCUT2D eigenvalue weighted by molar-refractivity contribution is 6.33. The highest BCUT2D eigenvalue weighted by Crippen LogP contribution is 2.21. The summed E-state index contributed by atoms with van der Waals surface area (Å²) in [5.74, 6) is -2.11. The molecule has 0 aliphatic heterocycles. The van der Waals surface area contributed by atoms with E-state index in [1.54, 1.807) is 43.3 Å². The number of halogens is 2. The summed E-state index contributed by atoms with van der Waals surface area (Å²) < 4.78 is 14.5. The molecule has 0 spiro atoms. The number of carboxylic acid groups (broad SMARTS) is 1. The van der Waals surface area contributed by atoms with Gasteiger partial charge in [-0.1, -0.05) is 54.1 Å². The summed E-state index contributed by atoms with van der Waals surface area (Å²) in [4.78, 5) is 24.4. The summed E-state index contributed by atoms with van der Waals surface area (Å²) in [5, 5.41) is 16.4. The predicted molar refractivity (Wildman–Crippen MR) is 107 cm³/mol. The molecule has 0 radical (unpaired) electrons. The molecule has 8 heteroatoms. The summed E-state index contributed by atoms with van der Waals surface area (Å²) in [6, 6.07) is 13.8. The van der Waals surface area contributed by atoms with Gasteiger partial charge in [0, 0.05) is 6.42 Å². The first-order valence-electron chi connectivity index (χ1n) is 8.90. The Morgan fingerprint density at radius 2 is 1.79 bits per heavy atom. The average Bonchev–Trinajstić information content (AvgIpc) is 2.97. The van der Waals surface area contributed by atoms with Gasteiger partial charge >= 0.3 is 5.97 Å². The molecule has 1 atom stereocenters. The van der Waals surface area contributed by atoms with Crippen LogP contribution in [-0.2, 0) is 17.8 Å². The van der Waals surface area contributed by atoms with E-state index in [2.05, 4.69) is 10.4 Å². The van der Waals surface area contributed by atoms with Gasteiger partial charge in [-0.25, -0.2) is 13.9 Å². The number of carboxylic acids is 1. The molecule has 29 heavy (non-hydrogen) atoms. The Kier molecular flexibility index (Phi) is 6.29. The van der Waals surface area contributed by atoms with Crippen LogP contribution >= 0.6 is 11.6 Å². The number of carbonyl (C=O) groups is 2. The van der Waals surface area contributed by atoms with Gasteiger partial charge < -0.3 is 10.4 Å². The van der Waals surface area contributed by atoms with Crippen molar-refractivity contribution in [1.29, 1.82) is 0 Å². The third-order valence-corrected chi connectivity index (χ3v) is 4.81. The van der Waals surface area contributed by atoms with E-state index < -0.39 is 17.9 Å². The van der Waals surface area contributed by atoms with Crippen molar-refractivity contribution in [3.8, 4) is 0 Å². The van der Waals surface area contributed by atoms with Gasteiger partial charge in [0.25, 0.3) is 5.91 Å². The minimum absolute atomic E-state index is 0.0909. The lowest BCUT2D eigenvalue weighted by atomic mass is 10.1. The number of aromatic nitrogens is 2. The van der Waals surface area contributed by atoms with Crippen LogP contribution in [0.5, 0.6) is 0 Å². The summed E-state index contributed by atoms with van der Waals surface area (Å²) in [6.45, 7) is 1.87. The first-order valence-corrected chi connectivity index (χ1v) is 9.28. The molecule has 0 saturated carbocycles. The van der Waals surface area contributed by atoms with E-state index >= 15 is 0 Å². The molecule has 0 aliphatic rings. The number of nitrogens with one attached hydrogen (secondary N) is 1. The van der Waals surface area contributed by atoms with Gasteiger partial charge in [0.1, 0.15) is 17.0 Å². The van der Waals surface area contributed by atoms with E-state index in [1.165, 1.54) is 16.8 Å². The second-order valence-corrected chi connectivity index (χ2v) is 6.95. The fourth-order valence-corrected chi connectivity index (χ4v) is 3.28. The van der Waals surface area contributed by atoms with Crippen LogP contribution in [0.25, 0.3) is 0 Å². The molecule has 150 valence electrons. The number of amides is 1. The minimum Gasteiger partial charge on any atom is -0.480 e. The van der Waals surface area contributed by atoms with Crippen molar-refractivity contribution in [2.75, 3.05) is 0 Å². The molecule has 3 aromatic rings. The monoisotopic (exact) mass is 415 g/mol. The van der Waals surface area contributed by atoms with Crippen molar-refractivity contribution in [1.82, 2.24) is 15.1 Å². The van der Waals surface area contributed by atoms with Crippen LogP contribution in [0, 0.1) is 12.7 Å². The summed E-state index contributed by atoms with van der Waals surface area (Å²) >= 11 is 6.35. The topological polar surface area (TPSA) is 84.2 Å².